The van der Waals surface area contributed by atoms with Gasteiger partial charge in [0.15, 0.2) is 18.1 Å². The lowest BCUT2D eigenvalue weighted by Gasteiger charge is -2.42. The van der Waals surface area contributed by atoms with Crippen LogP contribution in [-0.2, 0) is 20.8 Å². The number of hydrogen-bond acceptors (Lipinski definition) is 6. The molecule has 2 aliphatic rings. The molecule has 1 saturated heterocycles. The smallest absolute Gasteiger partial charge is 0.343 e. The molecule has 0 atom stereocenters. The number of esters is 1. The highest BCUT2D eigenvalue weighted by molar-refractivity contribution is 5.71. The minimum Gasteiger partial charge on any atom is -0.493 e. The molecule has 0 radical (unpaired) electrons. The van der Waals surface area contributed by atoms with Crippen LogP contribution >= 0.6 is 0 Å². The molecule has 1 aromatic rings. The SMILES string of the molecule is COC(=O)COc1ccc(CN2CCC3(C=C(C)CCO3)CC2)cc1OC. The van der Waals surface area contributed by atoms with E-state index in [1.54, 1.807) is 7.11 Å². The summed E-state index contributed by atoms with van der Waals surface area (Å²) in [5, 5.41) is 0. The number of rotatable bonds is 6. The molecular weight excluding hydrogens is 346 g/mol. The van der Waals surface area contributed by atoms with Gasteiger partial charge in [0.1, 0.15) is 0 Å². The molecule has 27 heavy (non-hydrogen) atoms. The van der Waals surface area contributed by atoms with E-state index in [4.69, 9.17) is 14.2 Å². The van der Waals surface area contributed by atoms with Crippen LogP contribution in [0.25, 0.3) is 0 Å². The zero-order valence-corrected chi connectivity index (χ0v) is 16.5. The average Bonchev–Trinajstić information content (AvgIpc) is 2.68. The maximum absolute atomic E-state index is 11.3. The minimum absolute atomic E-state index is 0.0535. The van der Waals surface area contributed by atoms with Gasteiger partial charge in [0.25, 0.3) is 0 Å². The van der Waals surface area contributed by atoms with Crippen molar-refractivity contribution in [1.82, 2.24) is 4.90 Å². The van der Waals surface area contributed by atoms with Crippen molar-refractivity contribution in [3.63, 3.8) is 0 Å². The third-order valence-corrected chi connectivity index (χ3v) is 5.31. The molecule has 0 saturated carbocycles. The van der Waals surface area contributed by atoms with Crippen LogP contribution in [0.5, 0.6) is 11.5 Å². The van der Waals surface area contributed by atoms with Crippen LogP contribution in [-0.4, -0.2) is 57.0 Å². The Kier molecular flexibility index (Phi) is 6.39. The highest BCUT2D eigenvalue weighted by Crippen LogP contribution is 2.34. The lowest BCUT2D eigenvalue weighted by molar-refractivity contribution is -0.142. The van der Waals surface area contributed by atoms with Crippen molar-refractivity contribution in [2.75, 3.05) is 40.5 Å². The van der Waals surface area contributed by atoms with E-state index in [0.717, 1.165) is 51.1 Å². The fourth-order valence-corrected chi connectivity index (χ4v) is 3.74. The second-order valence-electron chi connectivity index (χ2n) is 7.28. The minimum atomic E-state index is -0.419. The van der Waals surface area contributed by atoms with Crippen molar-refractivity contribution < 1.29 is 23.7 Å². The van der Waals surface area contributed by atoms with Gasteiger partial charge in [-0.3, -0.25) is 4.90 Å². The maximum atomic E-state index is 11.3. The molecule has 1 spiro atoms. The van der Waals surface area contributed by atoms with E-state index in [9.17, 15) is 4.79 Å². The number of carbonyl (C=O) groups is 1. The number of likely N-dealkylation sites (tertiary alicyclic amines) is 1. The topological polar surface area (TPSA) is 57.2 Å². The number of hydrogen-bond donors (Lipinski definition) is 0. The van der Waals surface area contributed by atoms with E-state index < -0.39 is 5.97 Å². The lowest BCUT2D eigenvalue weighted by Crippen LogP contribution is -2.46. The molecule has 6 heteroatoms. The average molecular weight is 375 g/mol. The molecule has 1 aromatic carbocycles. The third kappa shape index (κ3) is 5.02. The van der Waals surface area contributed by atoms with Gasteiger partial charge in [-0.05, 0) is 43.9 Å². The van der Waals surface area contributed by atoms with Crippen molar-refractivity contribution in [2.45, 2.75) is 38.3 Å². The second kappa shape index (κ2) is 8.76. The molecule has 2 aliphatic heterocycles. The standard InChI is InChI=1S/C21H29NO5/c1-16-6-11-27-21(13-16)7-9-22(10-8-21)14-17-4-5-18(19(12-17)24-2)26-15-20(23)25-3/h4-5,12-13H,6-11,14-15H2,1-3H3. The summed E-state index contributed by atoms with van der Waals surface area (Å²) < 4.78 is 21.6. The van der Waals surface area contributed by atoms with Gasteiger partial charge in [-0.15, -0.1) is 0 Å². The highest BCUT2D eigenvalue weighted by Gasteiger charge is 2.35. The van der Waals surface area contributed by atoms with Crippen molar-refractivity contribution in [3.05, 3.63) is 35.4 Å². The summed E-state index contributed by atoms with van der Waals surface area (Å²) in [4.78, 5) is 13.7. The van der Waals surface area contributed by atoms with E-state index >= 15 is 0 Å². The zero-order chi connectivity index (χ0) is 19.3. The van der Waals surface area contributed by atoms with Crippen LogP contribution in [0, 0.1) is 0 Å². The lowest BCUT2D eigenvalue weighted by atomic mass is 9.87. The number of ether oxygens (including phenoxy) is 4. The van der Waals surface area contributed by atoms with E-state index in [1.165, 1.54) is 12.7 Å². The Hall–Kier alpha value is -2.05. The summed E-state index contributed by atoms with van der Waals surface area (Å²) in [6, 6.07) is 5.83. The number of nitrogens with zero attached hydrogens (tertiary/aromatic N) is 1. The Bertz CT molecular complexity index is 692. The van der Waals surface area contributed by atoms with Gasteiger partial charge < -0.3 is 18.9 Å². The van der Waals surface area contributed by atoms with Crippen LogP contribution in [0.4, 0.5) is 0 Å². The largest absolute Gasteiger partial charge is 0.493 e. The molecule has 0 aromatic heterocycles. The molecule has 0 aliphatic carbocycles. The van der Waals surface area contributed by atoms with Gasteiger partial charge >= 0.3 is 5.97 Å². The summed E-state index contributed by atoms with van der Waals surface area (Å²) >= 11 is 0. The summed E-state index contributed by atoms with van der Waals surface area (Å²) in [5.41, 5.74) is 2.55. The molecule has 1 fully saturated rings. The maximum Gasteiger partial charge on any atom is 0.343 e. The van der Waals surface area contributed by atoms with Crippen LogP contribution in [0.15, 0.2) is 29.8 Å². The van der Waals surface area contributed by atoms with E-state index in [-0.39, 0.29) is 12.2 Å². The molecule has 6 nitrogen and oxygen atoms in total. The molecule has 0 amide bonds. The van der Waals surface area contributed by atoms with Crippen LogP contribution in [0.2, 0.25) is 0 Å². The second-order valence-corrected chi connectivity index (χ2v) is 7.28. The number of carbonyl (C=O) groups excluding carboxylic acids is 1. The van der Waals surface area contributed by atoms with Gasteiger partial charge in [-0.1, -0.05) is 17.7 Å². The molecule has 0 unspecified atom stereocenters. The van der Waals surface area contributed by atoms with Crippen LogP contribution in [0.1, 0.15) is 31.7 Å². The zero-order valence-electron chi connectivity index (χ0n) is 16.5. The summed E-state index contributed by atoms with van der Waals surface area (Å²) in [5.74, 6) is 0.747. The highest BCUT2D eigenvalue weighted by atomic mass is 16.6. The number of benzene rings is 1. The number of methoxy groups -OCH3 is 2. The van der Waals surface area contributed by atoms with Crippen LogP contribution < -0.4 is 9.47 Å². The first-order valence-electron chi connectivity index (χ1n) is 9.45. The first kappa shape index (κ1) is 19.7. The van der Waals surface area contributed by atoms with Gasteiger partial charge in [0, 0.05) is 19.6 Å². The Morgan fingerprint density at radius 3 is 2.67 bits per heavy atom. The van der Waals surface area contributed by atoms with E-state index in [0.29, 0.717) is 11.5 Å². The monoisotopic (exact) mass is 375 g/mol. The molecular formula is C21H29NO5. The quantitative estimate of drug-likeness (QED) is 0.563. The van der Waals surface area contributed by atoms with Crippen LogP contribution in [0.3, 0.4) is 0 Å². The summed E-state index contributed by atoms with van der Waals surface area (Å²) in [7, 11) is 2.94. The molecule has 0 N–H and O–H groups in total. The van der Waals surface area contributed by atoms with Gasteiger partial charge in [-0.25, -0.2) is 4.79 Å². The Labute approximate surface area is 161 Å². The summed E-state index contributed by atoms with van der Waals surface area (Å²) in [6.07, 6.45) is 5.45. The predicted molar refractivity (Wildman–Crippen MR) is 102 cm³/mol. The Balaban J connectivity index is 1.58. The van der Waals surface area contributed by atoms with Crippen molar-refractivity contribution in [1.29, 1.82) is 0 Å². The van der Waals surface area contributed by atoms with Gasteiger partial charge in [0.2, 0.25) is 0 Å². The van der Waals surface area contributed by atoms with E-state index in [1.807, 2.05) is 18.2 Å². The Morgan fingerprint density at radius 2 is 2.00 bits per heavy atom. The predicted octanol–water partition coefficient (Wildman–Crippen LogP) is 2.95. The third-order valence-electron chi connectivity index (χ3n) is 5.31. The fourth-order valence-electron chi connectivity index (χ4n) is 3.74. The normalized spacial score (nSPS) is 19.4. The van der Waals surface area contributed by atoms with Crippen molar-refractivity contribution in [2.24, 2.45) is 0 Å². The first-order valence-corrected chi connectivity index (χ1v) is 9.45. The van der Waals surface area contributed by atoms with Crippen molar-refractivity contribution in [3.8, 4) is 11.5 Å². The van der Waals surface area contributed by atoms with Gasteiger partial charge in [-0.2, -0.15) is 0 Å². The first-order chi connectivity index (χ1) is 13.0. The molecule has 3 rings (SSSR count). The molecule has 0 bridgehead atoms. The number of piperidine rings is 1. The Morgan fingerprint density at radius 1 is 1.22 bits per heavy atom. The summed E-state index contributed by atoms with van der Waals surface area (Å²) in [6.45, 7) is 5.78. The van der Waals surface area contributed by atoms with Gasteiger partial charge in [0.05, 0.1) is 26.4 Å². The fraction of sp³-hybridized carbons (Fsp3) is 0.571. The molecule has 148 valence electrons. The van der Waals surface area contributed by atoms with Crippen molar-refractivity contribution >= 4 is 5.97 Å². The van der Waals surface area contributed by atoms with E-state index in [2.05, 4.69) is 22.6 Å². The molecule has 2 heterocycles.